The van der Waals surface area contributed by atoms with Crippen LogP contribution in [0.15, 0.2) is 36.4 Å². The number of aliphatic hydroxyl groups is 1. The molecule has 0 amide bonds. The Balaban J connectivity index is 2.11. The number of aliphatic hydroxyl groups excluding tert-OH is 1. The van der Waals surface area contributed by atoms with Crippen LogP contribution in [0.25, 0.3) is 0 Å². The summed E-state index contributed by atoms with van der Waals surface area (Å²) in [7, 11) is 0. The zero-order valence-corrected chi connectivity index (χ0v) is 20.5. The summed E-state index contributed by atoms with van der Waals surface area (Å²) in [4.78, 5) is 12.7. The highest BCUT2D eigenvalue weighted by Gasteiger charge is 2.68. The summed E-state index contributed by atoms with van der Waals surface area (Å²) >= 11 is 12.1. The maximum absolute atomic E-state index is 15.8. The van der Waals surface area contributed by atoms with E-state index in [4.69, 9.17) is 23.2 Å². The lowest BCUT2D eigenvalue weighted by atomic mass is 9.50. The molecule has 5 nitrogen and oxygen atoms in total. The first-order chi connectivity index (χ1) is 16.7. The molecule has 1 saturated carbocycles. The second-order valence-electron chi connectivity index (χ2n) is 9.76. The molecule has 0 aromatic heterocycles. The Labute approximate surface area is 212 Å². The summed E-state index contributed by atoms with van der Waals surface area (Å²) < 4.78 is 31.3. The summed E-state index contributed by atoms with van der Waals surface area (Å²) in [5, 5.41) is 34.4. The lowest BCUT2D eigenvalue weighted by molar-refractivity contribution is -0.141. The highest BCUT2D eigenvalue weighted by atomic mass is 35.5. The maximum Gasteiger partial charge on any atom is 0.321 e. The van der Waals surface area contributed by atoms with E-state index in [1.165, 1.54) is 30.3 Å². The smallest absolute Gasteiger partial charge is 0.321 e. The largest absolute Gasteiger partial charge is 0.480 e. The Morgan fingerprint density at radius 3 is 2.46 bits per heavy atom. The lowest BCUT2D eigenvalue weighted by Gasteiger charge is -2.50. The van der Waals surface area contributed by atoms with E-state index in [-0.39, 0.29) is 40.7 Å². The van der Waals surface area contributed by atoms with Crippen LogP contribution in [0.1, 0.15) is 49.7 Å². The van der Waals surface area contributed by atoms with E-state index in [1.807, 2.05) is 0 Å². The van der Waals surface area contributed by atoms with Crippen LogP contribution in [0.5, 0.6) is 0 Å². The summed E-state index contributed by atoms with van der Waals surface area (Å²) in [6.07, 6.45) is 3.65. The number of aliphatic carboxylic acids is 1. The summed E-state index contributed by atoms with van der Waals surface area (Å²) in [5.41, 5.74) is -4.58. The number of halogens is 4. The minimum absolute atomic E-state index is 0.0483. The zero-order valence-electron chi connectivity index (χ0n) is 19.0. The molecule has 0 bridgehead atoms. The monoisotopic (exact) mass is 522 g/mol. The van der Waals surface area contributed by atoms with Crippen molar-refractivity contribution in [1.29, 1.82) is 5.26 Å². The average molecular weight is 523 g/mol. The Morgan fingerprint density at radius 2 is 1.86 bits per heavy atom. The predicted octanol–water partition coefficient (Wildman–Crippen LogP) is 5.36. The molecule has 1 aliphatic carbocycles. The van der Waals surface area contributed by atoms with Crippen LogP contribution in [0.2, 0.25) is 10.0 Å². The molecule has 2 aromatic carbocycles. The molecule has 1 heterocycles. The van der Waals surface area contributed by atoms with Gasteiger partial charge in [-0.1, -0.05) is 60.7 Å². The molecule has 2 fully saturated rings. The zero-order chi connectivity index (χ0) is 25.4. The molecule has 0 spiro atoms. The van der Waals surface area contributed by atoms with Crippen LogP contribution in [0.3, 0.4) is 0 Å². The number of nitrogens with one attached hydrogen (secondary N) is 1. The van der Waals surface area contributed by atoms with Gasteiger partial charge in [-0.05, 0) is 48.4 Å². The molecule has 9 heteroatoms. The van der Waals surface area contributed by atoms with Crippen molar-refractivity contribution >= 4 is 29.2 Å². The normalized spacial score (nSPS) is 27.9. The van der Waals surface area contributed by atoms with E-state index in [2.05, 4.69) is 11.4 Å². The third-order valence-corrected chi connectivity index (χ3v) is 8.52. The molecule has 3 atom stereocenters. The topological polar surface area (TPSA) is 93.4 Å². The van der Waals surface area contributed by atoms with E-state index in [9.17, 15) is 20.3 Å². The van der Waals surface area contributed by atoms with Crippen molar-refractivity contribution in [2.24, 2.45) is 5.41 Å². The van der Waals surface area contributed by atoms with Crippen molar-refractivity contribution in [2.45, 2.75) is 55.4 Å². The molecule has 35 heavy (non-hydrogen) atoms. The second kappa shape index (κ2) is 9.67. The number of hydrogen-bond donors (Lipinski definition) is 3. The van der Waals surface area contributed by atoms with Gasteiger partial charge in [0.05, 0.1) is 11.1 Å². The van der Waals surface area contributed by atoms with Crippen LogP contribution < -0.4 is 5.32 Å². The third-order valence-electron chi connectivity index (χ3n) is 7.99. The second-order valence-corrected chi connectivity index (χ2v) is 10.6. The molecule has 186 valence electrons. The SMILES string of the molecule is N#CC1(c2ccc(Cl)cc2F)CNC(C(=O)O)C1(CC1(CO)CCCCC1)c1cccc(Cl)c1F. The average Bonchev–Trinajstić information content (AvgIpc) is 3.16. The van der Waals surface area contributed by atoms with Gasteiger partial charge in [0, 0.05) is 29.2 Å². The van der Waals surface area contributed by atoms with Gasteiger partial charge in [0.15, 0.2) is 0 Å². The van der Waals surface area contributed by atoms with Crippen LogP contribution in [0, 0.1) is 28.4 Å². The van der Waals surface area contributed by atoms with Crippen LogP contribution in [-0.2, 0) is 15.6 Å². The van der Waals surface area contributed by atoms with Gasteiger partial charge in [-0.3, -0.25) is 4.79 Å². The molecule has 1 aliphatic heterocycles. The number of nitrogens with zero attached hydrogens (tertiary/aromatic N) is 1. The highest BCUT2D eigenvalue weighted by molar-refractivity contribution is 6.31. The van der Waals surface area contributed by atoms with Crippen molar-refractivity contribution in [2.75, 3.05) is 13.2 Å². The molecule has 3 N–H and O–H groups in total. The number of benzene rings is 2. The number of carboxylic acid groups (broad SMARTS) is 1. The van der Waals surface area contributed by atoms with Crippen molar-refractivity contribution in [3.63, 3.8) is 0 Å². The van der Waals surface area contributed by atoms with Gasteiger partial charge in [0.2, 0.25) is 0 Å². The molecule has 2 aromatic rings. The van der Waals surface area contributed by atoms with Crippen molar-refractivity contribution < 1.29 is 23.8 Å². The third kappa shape index (κ3) is 4.01. The molecule has 3 unspecified atom stereocenters. The van der Waals surface area contributed by atoms with Crippen LogP contribution in [-0.4, -0.2) is 35.4 Å². The van der Waals surface area contributed by atoms with Gasteiger partial charge < -0.3 is 15.5 Å². The van der Waals surface area contributed by atoms with Gasteiger partial charge in [0.25, 0.3) is 0 Å². The number of carboxylic acids is 1. The fourth-order valence-electron chi connectivity index (χ4n) is 6.37. The summed E-state index contributed by atoms with van der Waals surface area (Å²) in [5.74, 6) is -2.96. The molecule has 0 radical (unpaired) electrons. The van der Waals surface area contributed by atoms with Crippen LogP contribution >= 0.6 is 23.2 Å². The number of hydrogen-bond acceptors (Lipinski definition) is 4. The minimum atomic E-state index is -1.84. The quantitative estimate of drug-likeness (QED) is 0.474. The predicted molar refractivity (Wildman–Crippen MR) is 128 cm³/mol. The molecule has 1 saturated heterocycles. The van der Waals surface area contributed by atoms with E-state index in [1.54, 1.807) is 0 Å². The molecular weight excluding hydrogens is 497 g/mol. The van der Waals surface area contributed by atoms with Gasteiger partial charge in [-0.15, -0.1) is 0 Å². The first-order valence-electron chi connectivity index (χ1n) is 11.5. The van der Waals surface area contributed by atoms with Crippen molar-refractivity contribution in [3.8, 4) is 6.07 Å². The number of nitriles is 1. The molecule has 2 aliphatic rings. The Morgan fingerprint density at radius 1 is 1.14 bits per heavy atom. The molecular formula is C26H26Cl2F2N2O3. The Hall–Kier alpha value is -2.24. The molecule has 4 rings (SSSR count). The maximum atomic E-state index is 15.8. The fraction of sp³-hybridized carbons (Fsp3) is 0.462. The fourth-order valence-corrected chi connectivity index (χ4v) is 6.70. The number of rotatable bonds is 6. The van der Waals surface area contributed by atoms with Gasteiger partial charge >= 0.3 is 5.97 Å². The van der Waals surface area contributed by atoms with Gasteiger partial charge in [-0.2, -0.15) is 5.26 Å². The highest BCUT2D eigenvalue weighted by Crippen LogP contribution is 2.59. The standard InChI is InChI=1S/C26H26Cl2F2N2O3/c27-16-7-8-17(20(29)11-16)25(13-31)14-32-22(23(34)35)26(25,18-5-4-6-19(28)21(18)30)12-24(15-33)9-2-1-3-10-24/h4-8,11,22,32-33H,1-3,9-10,12,14-15H2,(H,34,35). The first-order valence-corrected chi connectivity index (χ1v) is 12.3. The van der Waals surface area contributed by atoms with Crippen LogP contribution in [0.4, 0.5) is 8.78 Å². The Bertz CT molecular complexity index is 1180. The Kier molecular flexibility index (Phi) is 7.14. The van der Waals surface area contributed by atoms with Gasteiger partial charge in [-0.25, -0.2) is 8.78 Å². The number of carbonyl (C=O) groups is 1. The first kappa shape index (κ1) is 25.8. The summed E-state index contributed by atoms with van der Waals surface area (Å²) in [6, 6.07) is 8.85. The van der Waals surface area contributed by atoms with E-state index < -0.39 is 39.9 Å². The minimum Gasteiger partial charge on any atom is -0.480 e. The summed E-state index contributed by atoms with van der Waals surface area (Å²) in [6.45, 7) is -0.514. The van der Waals surface area contributed by atoms with Crippen molar-refractivity contribution in [3.05, 3.63) is 69.2 Å². The van der Waals surface area contributed by atoms with Crippen molar-refractivity contribution in [1.82, 2.24) is 5.32 Å². The van der Waals surface area contributed by atoms with Gasteiger partial charge in [0.1, 0.15) is 23.1 Å². The van der Waals surface area contributed by atoms with E-state index >= 15 is 8.78 Å². The lowest BCUT2D eigenvalue weighted by Crippen LogP contribution is -2.58. The van der Waals surface area contributed by atoms with E-state index in [0.29, 0.717) is 12.8 Å². The van der Waals surface area contributed by atoms with E-state index in [0.717, 1.165) is 25.3 Å².